The van der Waals surface area contributed by atoms with Gasteiger partial charge in [0.2, 0.25) is 16.9 Å². The summed E-state index contributed by atoms with van der Waals surface area (Å²) in [6.07, 6.45) is 1.28. The van der Waals surface area contributed by atoms with E-state index in [9.17, 15) is 18.5 Å². The molecular weight excluding hydrogens is 443 g/mol. The van der Waals surface area contributed by atoms with Gasteiger partial charge in [0.15, 0.2) is 0 Å². The number of aromatic nitrogens is 1. The monoisotopic (exact) mass is 462 g/mol. The number of hydrogen-bond acceptors (Lipinski definition) is 6. The van der Waals surface area contributed by atoms with E-state index in [4.69, 9.17) is 15.9 Å². The van der Waals surface area contributed by atoms with Gasteiger partial charge in [-0.1, -0.05) is 49.7 Å². The second-order valence-corrected chi connectivity index (χ2v) is 8.92. The fraction of sp³-hybridized carbons (Fsp3) is 0.182. The van der Waals surface area contributed by atoms with Crippen molar-refractivity contribution in [3.05, 3.63) is 88.5 Å². The zero-order valence-corrected chi connectivity index (χ0v) is 18.3. The van der Waals surface area contributed by atoms with E-state index < -0.39 is 28.1 Å². The van der Waals surface area contributed by atoms with Crippen LogP contribution >= 0.6 is 11.6 Å². The molecule has 0 aliphatic rings. The van der Waals surface area contributed by atoms with Crippen molar-refractivity contribution in [3.8, 4) is 0 Å². The van der Waals surface area contributed by atoms with Crippen molar-refractivity contribution in [2.45, 2.75) is 24.2 Å². The lowest BCUT2D eigenvalue weighted by atomic mass is 9.86. The van der Waals surface area contributed by atoms with Crippen molar-refractivity contribution in [1.29, 1.82) is 0 Å². The number of aliphatic hydroxyl groups excluding tert-OH is 1. The van der Waals surface area contributed by atoms with Crippen LogP contribution in [-0.2, 0) is 20.8 Å². The molecule has 0 fully saturated rings. The Morgan fingerprint density at radius 1 is 1.23 bits per heavy atom. The topological polar surface area (TPSA) is 88.5 Å². The number of halogens is 2. The number of carbonyl (C=O) groups is 1. The molecule has 0 bridgehead atoms. The summed E-state index contributed by atoms with van der Waals surface area (Å²) >= 11 is 4.06. The Balaban J connectivity index is 1.78. The molecule has 3 aromatic rings. The van der Waals surface area contributed by atoms with E-state index in [2.05, 4.69) is 10.5 Å². The number of benzene rings is 2. The lowest BCUT2D eigenvalue weighted by molar-refractivity contribution is 0.103. The molecule has 1 unspecified atom stereocenters. The van der Waals surface area contributed by atoms with Crippen molar-refractivity contribution in [2.75, 3.05) is 12.1 Å². The summed E-state index contributed by atoms with van der Waals surface area (Å²) in [7, 11) is 0. The Morgan fingerprint density at radius 2 is 1.94 bits per heavy atom. The van der Waals surface area contributed by atoms with Crippen LogP contribution in [0.15, 0.2) is 65.7 Å². The first-order valence-electron chi connectivity index (χ1n) is 9.23. The SMILES string of the molecule is CC(C)(CO)c1ccc(S(=O)ONc2cc(Cl)cnc2C(=O)c2cccc(F)c2)cc1. The first-order valence-corrected chi connectivity index (χ1v) is 10.7. The van der Waals surface area contributed by atoms with Gasteiger partial charge in [-0.2, -0.15) is 4.28 Å². The lowest BCUT2D eigenvalue weighted by Gasteiger charge is -2.22. The Bertz CT molecular complexity index is 1120. The highest BCUT2D eigenvalue weighted by atomic mass is 35.5. The van der Waals surface area contributed by atoms with E-state index in [-0.39, 0.29) is 28.6 Å². The maximum Gasteiger partial charge on any atom is 0.213 e. The molecule has 162 valence electrons. The third kappa shape index (κ3) is 5.54. The lowest BCUT2D eigenvalue weighted by Crippen LogP contribution is -2.21. The van der Waals surface area contributed by atoms with Gasteiger partial charge in [0.1, 0.15) is 11.5 Å². The average Bonchev–Trinajstić information content (AvgIpc) is 2.77. The molecule has 6 nitrogen and oxygen atoms in total. The number of nitrogens with zero attached hydrogens (tertiary/aromatic N) is 1. The van der Waals surface area contributed by atoms with Crippen LogP contribution < -0.4 is 5.48 Å². The minimum atomic E-state index is -1.91. The Labute approximate surface area is 186 Å². The van der Waals surface area contributed by atoms with Crippen LogP contribution in [0.5, 0.6) is 0 Å². The van der Waals surface area contributed by atoms with Gasteiger partial charge < -0.3 is 5.11 Å². The Hall–Kier alpha value is -2.65. The molecule has 9 heteroatoms. The fourth-order valence-corrected chi connectivity index (χ4v) is 3.48. The highest BCUT2D eigenvalue weighted by Gasteiger charge is 2.20. The summed E-state index contributed by atoms with van der Waals surface area (Å²) in [5, 5.41) is 9.69. The fourth-order valence-electron chi connectivity index (χ4n) is 2.70. The molecule has 31 heavy (non-hydrogen) atoms. The number of aliphatic hydroxyl groups is 1. The van der Waals surface area contributed by atoms with Crippen LogP contribution in [0.25, 0.3) is 0 Å². The summed E-state index contributed by atoms with van der Waals surface area (Å²) in [4.78, 5) is 17.1. The minimum Gasteiger partial charge on any atom is -0.395 e. The van der Waals surface area contributed by atoms with E-state index in [1.807, 2.05) is 13.8 Å². The first kappa shape index (κ1) is 23.0. The maximum atomic E-state index is 13.5. The van der Waals surface area contributed by atoms with Gasteiger partial charge in [0, 0.05) is 17.2 Å². The third-order valence-corrected chi connectivity index (χ3v) is 5.71. The van der Waals surface area contributed by atoms with Crippen molar-refractivity contribution in [1.82, 2.24) is 4.98 Å². The molecule has 1 aromatic heterocycles. The standard InChI is InChI=1S/C22H20ClFN2O4S/c1-22(2,13-27)15-6-8-18(9-7-15)31(29)30-26-19-11-16(23)12-25-20(19)21(28)14-4-3-5-17(24)10-14/h3-12,26-27H,13H2,1-2H3. The van der Waals surface area contributed by atoms with Gasteiger partial charge in [-0.3, -0.25) is 4.79 Å². The number of hydrogen-bond donors (Lipinski definition) is 2. The van der Waals surface area contributed by atoms with Gasteiger partial charge in [-0.15, -0.1) is 0 Å². The van der Waals surface area contributed by atoms with Crippen molar-refractivity contribution < 1.29 is 22.8 Å². The maximum absolute atomic E-state index is 13.5. The molecule has 2 aromatic carbocycles. The van der Waals surface area contributed by atoms with Crippen LogP contribution in [0.3, 0.4) is 0 Å². The number of anilines is 1. The summed E-state index contributed by atoms with van der Waals surface area (Å²) in [6, 6.07) is 13.4. The first-order chi connectivity index (χ1) is 14.7. The predicted molar refractivity (Wildman–Crippen MR) is 117 cm³/mol. The zero-order chi connectivity index (χ0) is 22.6. The number of ketones is 1. The van der Waals surface area contributed by atoms with Crippen molar-refractivity contribution in [2.24, 2.45) is 0 Å². The van der Waals surface area contributed by atoms with Crippen LogP contribution in [0.4, 0.5) is 10.1 Å². The van der Waals surface area contributed by atoms with Gasteiger partial charge >= 0.3 is 0 Å². The molecule has 2 N–H and O–H groups in total. The Morgan fingerprint density at radius 3 is 2.58 bits per heavy atom. The van der Waals surface area contributed by atoms with Crippen molar-refractivity contribution >= 4 is 34.2 Å². The van der Waals surface area contributed by atoms with Crippen LogP contribution in [0, 0.1) is 5.82 Å². The number of rotatable bonds is 8. The molecular formula is C22H20ClFN2O4S. The molecule has 1 atom stereocenters. The largest absolute Gasteiger partial charge is 0.395 e. The second kappa shape index (κ2) is 9.65. The molecule has 0 radical (unpaired) electrons. The van der Waals surface area contributed by atoms with E-state index in [1.165, 1.54) is 30.5 Å². The summed E-state index contributed by atoms with van der Waals surface area (Å²) in [5.41, 5.74) is 3.05. The number of carbonyl (C=O) groups excluding carboxylic acids is 1. The molecule has 1 heterocycles. The number of pyridine rings is 1. The third-order valence-electron chi connectivity index (χ3n) is 4.61. The Kier molecular flexibility index (Phi) is 7.17. The van der Waals surface area contributed by atoms with Gasteiger partial charge in [0.05, 0.1) is 22.2 Å². The molecule has 0 saturated carbocycles. The molecule has 3 rings (SSSR count). The normalized spacial score (nSPS) is 12.4. The van der Waals surface area contributed by atoms with Gasteiger partial charge in [0.25, 0.3) is 0 Å². The number of nitrogens with one attached hydrogen (secondary N) is 1. The highest BCUT2D eigenvalue weighted by molar-refractivity contribution is 7.80. The summed E-state index contributed by atoms with van der Waals surface area (Å²) in [5.74, 6) is -1.11. The second-order valence-electron chi connectivity index (χ2n) is 7.38. The quantitative estimate of drug-likeness (QED) is 0.380. The highest BCUT2D eigenvalue weighted by Crippen LogP contribution is 2.25. The van der Waals surface area contributed by atoms with E-state index in [0.29, 0.717) is 4.90 Å². The minimum absolute atomic E-state index is 0.0304. The van der Waals surface area contributed by atoms with Gasteiger partial charge in [-0.05, 0) is 35.9 Å². The predicted octanol–water partition coefficient (Wildman–Crippen LogP) is 4.44. The summed E-state index contributed by atoms with van der Waals surface area (Å²) < 4.78 is 31.2. The van der Waals surface area contributed by atoms with Crippen LogP contribution in [0.2, 0.25) is 5.02 Å². The van der Waals surface area contributed by atoms with Crippen molar-refractivity contribution in [3.63, 3.8) is 0 Å². The van der Waals surface area contributed by atoms with Crippen LogP contribution in [0.1, 0.15) is 35.5 Å². The summed E-state index contributed by atoms with van der Waals surface area (Å²) in [6.45, 7) is 3.75. The molecule has 0 aliphatic carbocycles. The molecule has 0 aliphatic heterocycles. The molecule has 0 saturated heterocycles. The van der Waals surface area contributed by atoms with E-state index in [1.54, 1.807) is 24.3 Å². The average molecular weight is 463 g/mol. The van der Waals surface area contributed by atoms with E-state index >= 15 is 0 Å². The zero-order valence-electron chi connectivity index (χ0n) is 16.8. The molecule has 0 spiro atoms. The van der Waals surface area contributed by atoms with E-state index in [0.717, 1.165) is 11.6 Å². The van der Waals surface area contributed by atoms with Crippen LogP contribution in [-0.4, -0.2) is 26.7 Å². The molecule has 0 amide bonds. The smallest absolute Gasteiger partial charge is 0.213 e. The van der Waals surface area contributed by atoms with Gasteiger partial charge in [-0.25, -0.2) is 19.1 Å².